The molecule has 84 valence electrons. The zero-order chi connectivity index (χ0) is 10.5. The summed E-state index contributed by atoms with van der Waals surface area (Å²) in [7, 11) is 1.99. The maximum absolute atomic E-state index is 5.35. The van der Waals surface area contributed by atoms with Crippen LogP contribution in [0.15, 0.2) is 12.4 Å². The highest BCUT2D eigenvalue weighted by Crippen LogP contribution is 2.18. The molecule has 4 nitrogen and oxygen atoms in total. The minimum absolute atomic E-state index is 0.461. The van der Waals surface area contributed by atoms with Crippen LogP contribution < -0.4 is 5.32 Å². The normalized spacial score (nSPS) is 21.0. The number of rotatable bonds is 5. The molecule has 0 aliphatic carbocycles. The molecule has 4 heteroatoms. The van der Waals surface area contributed by atoms with Crippen molar-refractivity contribution in [1.29, 1.82) is 0 Å². The average Bonchev–Trinajstić information content (AvgIpc) is 2.87. The van der Waals surface area contributed by atoms with Gasteiger partial charge >= 0.3 is 0 Å². The Balaban J connectivity index is 1.86. The fourth-order valence-electron chi connectivity index (χ4n) is 1.91. The zero-order valence-electron chi connectivity index (χ0n) is 9.28. The molecule has 1 aliphatic rings. The predicted molar refractivity (Wildman–Crippen MR) is 58.9 cm³/mol. The van der Waals surface area contributed by atoms with Crippen LogP contribution in [0.5, 0.6) is 0 Å². The SMILES string of the molecule is CNCCCc1cnn(C2CCOC2)c1. The van der Waals surface area contributed by atoms with E-state index in [-0.39, 0.29) is 0 Å². The number of nitrogens with zero attached hydrogens (tertiary/aromatic N) is 2. The van der Waals surface area contributed by atoms with Crippen LogP contribution in [0.2, 0.25) is 0 Å². The van der Waals surface area contributed by atoms with Gasteiger partial charge in [-0.05, 0) is 38.4 Å². The summed E-state index contributed by atoms with van der Waals surface area (Å²) in [6.45, 7) is 2.76. The second kappa shape index (κ2) is 5.28. The molecule has 1 N–H and O–H groups in total. The Labute approximate surface area is 90.6 Å². The van der Waals surface area contributed by atoms with Crippen molar-refractivity contribution in [3.63, 3.8) is 0 Å². The van der Waals surface area contributed by atoms with Crippen LogP contribution in [0.4, 0.5) is 0 Å². The van der Waals surface area contributed by atoms with Gasteiger partial charge in [0.05, 0.1) is 18.8 Å². The van der Waals surface area contributed by atoms with Crippen molar-refractivity contribution in [2.24, 2.45) is 0 Å². The largest absolute Gasteiger partial charge is 0.379 e. The van der Waals surface area contributed by atoms with Gasteiger partial charge < -0.3 is 10.1 Å². The molecule has 0 spiro atoms. The first-order chi connectivity index (χ1) is 7.40. The molecule has 0 saturated carbocycles. The van der Waals surface area contributed by atoms with Crippen molar-refractivity contribution in [3.8, 4) is 0 Å². The van der Waals surface area contributed by atoms with E-state index in [1.165, 1.54) is 12.0 Å². The summed E-state index contributed by atoms with van der Waals surface area (Å²) >= 11 is 0. The van der Waals surface area contributed by atoms with Crippen molar-refractivity contribution >= 4 is 0 Å². The molecule has 1 aromatic heterocycles. The van der Waals surface area contributed by atoms with Gasteiger partial charge in [0.25, 0.3) is 0 Å². The van der Waals surface area contributed by atoms with Crippen molar-refractivity contribution < 1.29 is 4.74 Å². The van der Waals surface area contributed by atoms with E-state index >= 15 is 0 Å². The van der Waals surface area contributed by atoms with E-state index in [2.05, 4.69) is 21.3 Å². The summed E-state index contributed by atoms with van der Waals surface area (Å²) < 4.78 is 7.41. The molecule has 2 heterocycles. The number of hydrogen-bond donors (Lipinski definition) is 1. The van der Waals surface area contributed by atoms with E-state index < -0.39 is 0 Å². The molecule has 0 amide bonds. The first-order valence-electron chi connectivity index (χ1n) is 5.65. The molecular formula is C11H19N3O. The number of aromatic nitrogens is 2. The van der Waals surface area contributed by atoms with Gasteiger partial charge in [0.15, 0.2) is 0 Å². The summed E-state index contributed by atoms with van der Waals surface area (Å²) in [5.74, 6) is 0. The lowest BCUT2D eigenvalue weighted by Gasteiger charge is -2.06. The molecule has 1 atom stereocenters. The molecule has 0 bridgehead atoms. The molecule has 2 rings (SSSR count). The van der Waals surface area contributed by atoms with Gasteiger partial charge in [0, 0.05) is 12.8 Å². The van der Waals surface area contributed by atoms with Crippen LogP contribution >= 0.6 is 0 Å². The highest BCUT2D eigenvalue weighted by atomic mass is 16.5. The third-order valence-corrected chi connectivity index (χ3v) is 2.83. The Hall–Kier alpha value is -0.870. The Kier molecular flexibility index (Phi) is 3.75. The first-order valence-corrected chi connectivity index (χ1v) is 5.65. The number of aryl methyl sites for hydroxylation is 1. The van der Waals surface area contributed by atoms with Gasteiger partial charge in [-0.2, -0.15) is 5.10 Å². The Morgan fingerprint density at radius 2 is 2.60 bits per heavy atom. The summed E-state index contributed by atoms with van der Waals surface area (Å²) in [5.41, 5.74) is 1.33. The Morgan fingerprint density at radius 3 is 3.33 bits per heavy atom. The lowest BCUT2D eigenvalue weighted by Crippen LogP contribution is -2.09. The molecule has 1 unspecified atom stereocenters. The fraction of sp³-hybridized carbons (Fsp3) is 0.727. The predicted octanol–water partition coefficient (Wildman–Crippen LogP) is 0.996. The topological polar surface area (TPSA) is 39.1 Å². The summed E-state index contributed by atoms with van der Waals surface area (Å²) in [4.78, 5) is 0. The van der Waals surface area contributed by atoms with E-state index in [0.717, 1.165) is 32.6 Å². The van der Waals surface area contributed by atoms with E-state index in [4.69, 9.17) is 4.74 Å². The van der Waals surface area contributed by atoms with Crippen molar-refractivity contribution in [2.45, 2.75) is 25.3 Å². The molecule has 0 radical (unpaired) electrons. The molecule has 1 aromatic rings. The molecule has 1 fully saturated rings. The average molecular weight is 209 g/mol. The van der Waals surface area contributed by atoms with E-state index in [1.807, 2.05) is 13.2 Å². The Bertz CT molecular complexity index is 292. The lowest BCUT2D eigenvalue weighted by atomic mass is 10.2. The third kappa shape index (κ3) is 2.79. The van der Waals surface area contributed by atoms with Gasteiger partial charge in [-0.25, -0.2) is 0 Å². The zero-order valence-corrected chi connectivity index (χ0v) is 9.28. The standard InChI is InChI=1S/C11H19N3O/c1-12-5-2-3-10-7-13-14(8-10)11-4-6-15-9-11/h7-8,11-12H,2-6,9H2,1H3. The maximum atomic E-state index is 5.35. The lowest BCUT2D eigenvalue weighted by molar-refractivity contribution is 0.184. The second-order valence-corrected chi connectivity index (χ2v) is 4.05. The minimum atomic E-state index is 0.461. The molecule has 1 aliphatic heterocycles. The Morgan fingerprint density at radius 1 is 1.67 bits per heavy atom. The van der Waals surface area contributed by atoms with Crippen LogP contribution in [0, 0.1) is 0 Å². The maximum Gasteiger partial charge on any atom is 0.0774 e. The molecule has 1 saturated heterocycles. The minimum Gasteiger partial charge on any atom is -0.379 e. The van der Waals surface area contributed by atoms with E-state index in [0.29, 0.717) is 6.04 Å². The van der Waals surface area contributed by atoms with Crippen molar-refractivity contribution in [3.05, 3.63) is 18.0 Å². The highest BCUT2D eigenvalue weighted by Gasteiger charge is 2.17. The number of hydrogen-bond acceptors (Lipinski definition) is 3. The van der Waals surface area contributed by atoms with Gasteiger partial charge in [-0.15, -0.1) is 0 Å². The summed E-state index contributed by atoms with van der Waals surface area (Å²) in [5, 5.41) is 7.55. The van der Waals surface area contributed by atoms with Gasteiger partial charge in [-0.3, -0.25) is 4.68 Å². The summed E-state index contributed by atoms with van der Waals surface area (Å²) in [6.07, 6.45) is 7.51. The molecule has 15 heavy (non-hydrogen) atoms. The van der Waals surface area contributed by atoms with E-state index in [1.54, 1.807) is 0 Å². The quantitative estimate of drug-likeness (QED) is 0.735. The molecule has 0 aromatic carbocycles. The molecular weight excluding hydrogens is 190 g/mol. The fourth-order valence-corrected chi connectivity index (χ4v) is 1.91. The van der Waals surface area contributed by atoms with Crippen molar-refractivity contribution in [2.75, 3.05) is 26.8 Å². The van der Waals surface area contributed by atoms with Gasteiger partial charge in [0.2, 0.25) is 0 Å². The van der Waals surface area contributed by atoms with Gasteiger partial charge in [-0.1, -0.05) is 0 Å². The third-order valence-electron chi connectivity index (χ3n) is 2.83. The van der Waals surface area contributed by atoms with Crippen LogP contribution in [-0.4, -0.2) is 36.6 Å². The smallest absolute Gasteiger partial charge is 0.0774 e. The first kappa shape index (κ1) is 10.6. The van der Waals surface area contributed by atoms with Crippen molar-refractivity contribution in [1.82, 2.24) is 15.1 Å². The summed E-state index contributed by atoms with van der Waals surface area (Å²) in [6, 6.07) is 0.461. The van der Waals surface area contributed by atoms with Crippen LogP contribution in [-0.2, 0) is 11.2 Å². The monoisotopic (exact) mass is 209 g/mol. The second-order valence-electron chi connectivity index (χ2n) is 4.05. The van der Waals surface area contributed by atoms with Crippen LogP contribution in [0.25, 0.3) is 0 Å². The van der Waals surface area contributed by atoms with Crippen LogP contribution in [0.1, 0.15) is 24.4 Å². The highest BCUT2D eigenvalue weighted by molar-refractivity contribution is 5.04. The van der Waals surface area contributed by atoms with Crippen LogP contribution in [0.3, 0.4) is 0 Å². The number of nitrogens with one attached hydrogen (secondary N) is 1. The number of ether oxygens (including phenoxy) is 1. The van der Waals surface area contributed by atoms with Gasteiger partial charge in [0.1, 0.15) is 0 Å². The van der Waals surface area contributed by atoms with E-state index in [9.17, 15) is 0 Å².